The van der Waals surface area contributed by atoms with Crippen LogP contribution in [0.5, 0.6) is 5.75 Å². The van der Waals surface area contributed by atoms with Gasteiger partial charge in [-0.05, 0) is 42.0 Å². The lowest BCUT2D eigenvalue weighted by Gasteiger charge is -2.12. The number of sulfonamides is 1. The normalized spacial score (nSPS) is 11.5. The third kappa shape index (κ3) is 9.29. The van der Waals surface area contributed by atoms with E-state index in [4.69, 9.17) is 25.8 Å². The number of amidine groups is 1. The molecule has 12 nitrogen and oxygen atoms in total. The van der Waals surface area contributed by atoms with Crippen LogP contribution in [0.1, 0.15) is 21.5 Å². The minimum Gasteiger partial charge on any atom is -0.492 e. The fourth-order valence-electron chi connectivity index (χ4n) is 3.54. The number of nitrogen functional groups attached to an aromatic ring is 1. The summed E-state index contributed by atoms with van der Waals surface area (Å²) in [4.78, 5) is 20.6. The summed E-state index contributed by atoms with van der Waals surface area (Å²) in [7, 11) is -8.11. The van der Waals surface area contributed by atoms with E-state index in [1.165, 1.54) is 29.6 Å². The van der Waals surface area contributed by atoms with E-state index in [0.29, 0.717) is 12.0 Å². The smallest absolute Gasteiger partial charge is 0.490 e. The third-order valence-electron chi connectivity index (χ3n) is 5.80. The molecule has 0 amide bonds. The van der Waals surface area contributed by atoms with E-state index in [0.717, 1.165) is 29.0 Å². The number of benzene rings is 3. The lowest BCUT2D eigenvalue weighted by molar-refractivity contribution is -0.192. The number of hydrogen-bond donors (Lipinski definition) is 5. The van der Waals surface area contributed by atoms with E-state index in [1.807, 2.05) is 0 Å². The third-order valence-corrected chi connectivity index (χ3v) is 10.5. The second-order valence-electron chi connectivity index (χ2n) is 9.05. The first-order valence-corrected chi connectivity index (χ1v) is 16.4. The Morgan fingerprint density at radius 3 is 2.07 bits per heavy atom. The van der Waals surface area contributed by atoms with Crippen LogP contribution in [0.3, 0.4) is 0 Å². The number of carboxylic acid groups (broad SMARTS) is 2. The molecule has 4 aromatic rings. The molecule has 0 unspecified atom stereocenters. The number of aromatic carboxylic acids is 1. The number of anilines is 1. The summed E-state index contributed by atoms with van der Waals surface area (Å²) in [5, 5.41) is 25.4. The molecule has 244 valence electrons. The van der Waals surface area contributed by atoms with Gasteiger partial charge < -0.3 is 20.7 Å². The lowest BCUT2D eigenvalue weighted by Crippen LogP contribution is -2.21. The Kier molecular flexibility index (Phi) is 11.2. The van der Waals surface area contributed by atoms with E-state index in [-0.39, 0.29) is 43.4 Å². The molecule has 6 N–H and O–H groups in total. The van der Waals surface area contributed by atoms with Crippen LogP contribution in [0, 0.1) is 5.41 Å². The number of hydrogen-bond acceptors (Lipinski definition) is 9. The molecule has 46 heavy (non-hydrogen) atoms. The van der Waals surface area contributed by atoms with E-state index >= 15 is 0 Å². The van der Waals surface area contributed by atoms with Gasteiger partial charge in [0, 0.05) is 23.1 Å². The zero-order valence-corrected chi connectivity index (χ0v) is 25.6. The average Bonchev–Trinajstić information content (AvgIpc) is 3.51. The average molecular weight is 700 g/mol. The van der Waals surface area contributed by atoms with Gasteiger partial charge >= 0.3 is 18.1 Å². The zero-order chi connectivity index (χ0) is 34.3. The van der Waals surface area contributed by atoms with Crippen molar-refractivity contribution >= 4 is 54.7 Å². The van der Waals surface area contributed by atoms with Crippen LogP contribution >= 0.6 is 11.3 Å². The van der Waals surface area contributed by atoms with Crippen molar-refractivity contribution in [3.8, 4) is 5.75 Å². The minimum atomic E-state index is -5.08. The van der Waals surface area contributed by atoms with Crippen molar-refractivity contribution in [3.63, 3.8) is 0 Å². The van der Waals surface area contributed by atoms with Gasteiger partial charge in [0.1, 0.15) is 21.4 Å². The van der Waals surface area contributed by atoms with E-state index in [2.05, 4.69) is 4.72 Å². The Bertz CT molecular complexity index is 1950. The number of aliphatic carboxylic acids is 1. The van der Waals surface area contributed by atoms with E-state index < -0.39 is 38.0 Å². The first-order valence-electron chi connectivity index (χ1n) is 12.6. The molecule has 1 heterocycles. The Morgan fingerprint density at radius 1 is 0.913 bits per heavy atom. The van der Waals surface area contributed by atoms with Crippen molar-refractivity contribution in [2.75, 3.05) is 11.3 Å². The molecule has 0 spiro atoms. The Labute approximate surface area is 264 Å². The number of nitrogens with two attached hydrogens (primary N) is 1. The standard InChI is InChI=1S/C26H23N3O7S3.C2HF3O2/c27-25(28)18-8-6-17(7-9-18)12-13-36-23-11-10-19(14-22(23)26(30)31)29-39(34,35)24-15-21(16-37-24)38(32,33)20-4-2-1-3-5-20;3-2(4,5)1(6)7/h1-11,14-16,29H,12-13H2,(H3,27,28)(H,30,31);(H,6,7). The molecule has 0 saturated carbocycles. The number of alkyl halides is 3. The van der Waals surface area contributed by atoms with E-state index in [9.17, 15) is 39.9 Å². The van der Waals surface area contributed by atoms with Gasteiger partial charge in [-0.25, -0.2) is 26.4 Å². The van der Waals surface area contributed by atoms with Crippen LogP contribution in [0.2, 0.25) is 0 Å². The van der Waals surface area contributed by atoms with Crippen LogP contribution in [0.4, 0.5) is 18.9 Å². The van der Waals surface area contributed by atoms with E-state index in [1.54, 1.807) is 42.5 Å². The summed E-state index contributed by atoms with van der Waals surface area (Å²) in [6.45, 7) is 0.151. The molecule has 18 heteroatoms. The summed E-state index contributed by atoms with van der Waals surface area (Å²) >= 11 is 0.733. The molecule has 4 rings (SSSR count). The zero-order valence-electron chi connectivity index (χ0n) is 23.2. The topological polar surface area (TPSA) is 214 Å². The second-order valence-corrected chi connectivity index (χ2v) is 13.8. The SMILES string of the molecule is N=C(N)c1ccc(CCOc2ccc(NS(=O)(=O)c3cc(S(=O)(=O)c4ccccc4)cs3)cc2C(=O)O)cc1.O=C(O)C(F)(F)F. The molecule has 1 aromatic heterocycles. The fourth-order valence-corrected chi connectivity index (χ4v) is 7.49. The molecule has 0 fully saturated rings. The predicted molar refractivity (Wildman–Crippen MR) is 161 cm³/mol. The maximum absolute atomic E-state index is 12.9. The van der Waals surface area contributed by atoms with Crippen LogP contribution in [-0.2, 0) is 31.1 Å². The maximum atomic E-state index is 12.9. The summed E-state index contributed by atoms with van der Waals surface area (Å²) < 4.78 is 90.9. The number of nitrogens with one attached hydrogen (secondary N) is 2. The van der Waals surface area contributed by atoms with Crippen LogP contribution < -0.4 is 15.2 Å². The molecule has 0 atom stereocenters. The van der Waals surface area contributed by atoms with Crippen molar-refractivity contribution in [2.24, 2.45) is 5.73 Å². The van der Waals surface area contributed by atoms with Crippen molar-refractivity contribution in [3.05, 3.63) is 101 Å². The number of ether oxygens (including phenoxy) is 1. The first kappa shape index (κ1) is 35.5. The van der Waals surface area contributed by atoms with Crippen LogP contribution in [-0.4, -0.2) is 57.6 Å². The van der Waals surface area contributed by atoms with Gasteiger partial charge in [-0.3, -0.25) is 10.1 Å². The predicted octanol–water partition coefficient (Wildman–Crippen LogP) is 4.62. The van der Waals surface area contributed by atoms with Crippen molar-refractivity contribution in [2.45, 2.75) is 26.6 Å². The highest BCUT2D eigenvalue weighted by Crippen LogP contribution is 2.30. The van der Waals surface area contributed by atoms with Crippen molar-refractivity contribution in [1.29, 1.82) is 5.41 Å². The summed E-state index contributed by atoms with van der Waals surface area (Å²) in [5.41, 5.74) is 6.65. The minimum absolute atomic E-state index is 0.0274. The van der Waals surface area contributed by atoms with Gasteiger partial charge in [0.05, 0.1) is 16.4 Å². The van der Waals surface area contributed by atoms with Crippen LogP contribution in [0.15, 0.2) is 98.2 Å². The molecule has 0 aliphatic carbocycles. The van der Waals surface area contributed by atoms with Crippen LogP contribution in [0.25, 0.3) is 0 Å². The molecular formula is C28H24F3N3O9S3. The Morgan fingerprint density at radius 2 is 1.52 bits per heavy atom. The summed E-state index contributed by atoms with van der Waals surface area (Å²) in [6.07, 6.45) is -4.63. The number of carbonyl (C=O) groups is 2. The Balaban J connectivity index is 0.000000738. The van der Waals surface area contributed by atoms with Gasteiger partial charge in [0.2, 0.25) is 9.84 Å². The fraction of sp³-hybridized carbons (Fsp3) is 0.107. The van der Waals surface area contributed by atoms with Gasteiger partial charge in [-0.1, -0.05) is 42.5 Å². The van der Waals surface area contributed by atoms with Gasteiger partial charge in [0.25, 0.3) is 10.0 Å². The highest BCUT2D eigenvalue weighted by atomic mass is 32.2. The van der Waals surface area contributed by atoms with Crippen molar-refractivity contribution in [1.82, 2.24) is 0 Å². The molecule has 0 aliphatic heterocycles. The molecule has 0 saturated heterocycles. The number of rotatable bonds is 11. The largest absolute Gasteiger partial charge is 0.492 e. The quantitative estimate of drug-likeness (QED) is 0.108. The molecule has 0 aliphatic rings. The first-order chi connectivity index (χ1) is 21.4. The number of sulfone groups is 1. The monoisotopic (exact) mass is 699 g/mol. The highest BCUT2D eigenvalue weighted by Gasteiger charge is 2.38. The molecular weight excluding hydrogens is 676 g/mol. The molecule has 0 radical (unpaired) electrons. The molecule has 3 aromatic carbocycles. The lowest BCUT2D eigenvalue weighted by atomic mass is 10.1. The van der Waals surface area contributed by atoms with Gasteiger partial charge in [-0.15, -0.1) is 11.3 Å². The number of halogens is 3. The maximum Gasteiger partial charge on any atom is 0.490 e. The van der Waals surface area contributed by atoms with Gasteiger partial charge in [0.15, 0.2) is 0 Å². The number of thiophene rings is 1. The summed E-state index contributed by atoms with van der Waals surface area (Å²) in [6, 6.07) is 19.5. The highest BCUT2D eigenvalue weighted by molar-refractivity contribution is 7.95. The Hall–Kier alpha value is -4.94. The molecule has 0 bridgehead atoms. The van der Waals surface area contributed by atoms with Crippen molar-refractivity contribution < 1.29 is 54.5 Å². The second kappa shape index (κ2) is 14.4. The van der Waals surface area contributed by atoms with Gasteiger partial charge in [-0.2, -0.15) is 13.2 Å². The number of carboxylic acids is 2. The summed E-state index contributed by atoms with van der Waals surface area (Å²) in [5.74, 6) is -4.06.